The number of aliphatic hydroxyl groups excluding tert-OH is 1. The molecular formula is C24H30N4O5S. The lowest BCUT2D eigenvalue weighted by Crippen LogP contribution is -2.39. The van der Waals surface area contributed by atoms with E-state index in [1.165, 1.54) is 23.6 Å². The van der Waals surface area contributed by atoms with Crippen LogP contribution in [-0.4, -0.2) is 59.5 Å². The Bertz CT molecular complexity index is 1320. The number of carbonyl (C=O) groups excluding carboxylic acids is 1. The standard InChI is InChI=1S/C24H30N4O5S/c25-24(30)23-22-19(13-21(27-23)33-14-15-4-2-1-3-5-15)18-12-17(6-7-20(18)26-22)34(31,32)28-10-8-16(29)9-11-28/h6-7,12-13,15-16,26,29H,1-5,8-11,14H2,(H2,25,30). The molecule has 0 radical (unpaired) electrons. The topological polar surface area (TPSA) is 139 Å². The van der Waals surface area contributed by atoms with Crippen LogP contribution in [0.2, 0.25) is 0 Å². The molecule has 0 unspecified atom stereocenters. The summed E-state index contributed by atoms with van der Waals surface area (Å²) in [6, 6.07) is 6.60. The number of pyridine rings is 1. The zero-order valence-corrected chi connectivity index (χ0v) is 19.8. The quantitative estimate of drug-likeness (QED) is 0.490. The highest BCUT2D eigenvalue weighted by Crippen LogP contribution is 2.33. The van der Waals surface area contributed by atoms with Crippen molar-refractivity contribution >= 4 is 37.7 Å². The number of hydrogen-bond acceptors (Lipinski definition) is 6. The second-order valence-corrected chi connectivity index (χ2v) is 11.3. The van der Waals surface area contributed by atoms with Crippen LogP contribution in [0.15, 0.2) is 29.2 Å². The Balaban J connectivity index is 1.53. The van der Waals surface area contributed by atoms with Gasteiger partial charge < -0.3 is 20.6 Å². The number of rotatable bonds is 6. The number of H-pyrrole nitrogens is 1. The Hall–Kier alpha value is -2.69. The number of fused-ring (bicyclic) bond motifs is 3. The summed E-state index contributed by atoms with van der Waals surface area (Å²) < 4.78 is 33.9. The van der Waals surface area contributed by atoms with Crippen LogP contribution in [0.25, 0.3) is 21.8 Å². The van der Waals surface area contributed by atoms with Gasteiger partial charge in [-0.05, 0) is 49.8 Å². The Labute approximate surface area is 198 Å². The molecule has 9 nitrogen and oxygen atoms in total. The number of nitrogens with zero attached hydrogens (tertiary/aromatic N) is 2. The summed E-state index contributed by atoms with van der Waals surface area (Å²) >= 11 is 0. The molecule has 2 aliphatic rings. The second kappa shape index (κ2) is 9.16. The molecule has 1 aliphatic heterocycles. The zero-order chi connectivity index (χ0) is 23.9. The number of ether oxygens (including phenoxy) is 1. The third kappa shape index (κ3) is 4.37. The smallest absolute Gasteiger partial charge is 0.269 e. The van der Waals surface area contributed by atoms with Gasteiger partial charge in [0, 0.05) is 35.4 Å². The third-order valence-corrected chi connectivity index (χ3v) is 8.92. The van der Waals surface area contributed by atoms with Gasteiger partial charge in [0.15, 0.2) is 5.69 Å². The fourth-order valence-corrected chi connectivity index (χ4v) is 6.55. The van der Waals surface area contributed by atoms with Crippen molar-refractivity contribution in [3.8, 4) is 5.88 Å². The van der Waals surface area contributed by atoms with Crippen molar-refractivity contribution in [2.24, 2.45) is 11.7 Å². The molecule has 34 heavy (non-hydrogen) atoms. The van der Waals surface area contributed by atoms with Crippen LogP contribution in [0.3, 0.4) is 0 Å². The molecule has 1 aromatic carbocycles. The Morgan fingerprint density at radius 3 is 2.56 bits per heavy atom. The number of carbonyl (C=O) groups is 1. The van der Waals surface area contributed by atoms with Crippen molar-refractivity contribution in [1.29, 1.82) is 0 Å². The number of aliphatic hydroxyl groups is 1. The van der Waals surface area contributed by atoms with Crippen LogP contribution in [0.5, 0.6) is 5.88 Å². The number of aromatic amines is 1. The summed E-state index contributed by atoms with van der Waals surface area (Å²) in [7, 11) is -3.71. The van der Waals surface area contributed by atoms with Crippen LogP contribution < -0.4 is 10.5 Å². The minimum absolute atomic E-state index is 0.0711. The number of piperidine rings is 1. The maximum Gasteiger partial charge on any atom is 0.269 e. The molecule has 3 heterocycles. The Morgan fingerprint density at radius 1 is 1.12 bits per heavy atom. The SMILES string of the molecule is NC(=O)c1nc(OCC2CCCCC2)cc2c1[nH]c1ccc(S(=O)(=O)N3CCC(O)CC3)cc12. The summed E-state index contributed by atoms with van der Waals surface area (Å²) in [5, 5.41) is 11.0. The van der Waals surface area contributed by atoms with Gasteiger partial charge in [-0.3, -0.25) is 4.79 Å². The van der Waals surface area contributed by atoms with Gasteiger partial charge in [-0.1, -0.05) is 19.3 Å². The first-order valence-electron chi connectivity index (χ1n) is 11.9. The maximum absolute atomic E-state index is 13.2. The van der Waals surface area contributed by atoms with Gasteiger partial charge in [0.05, 0.1) is 23.1 Å². The van der Waals surface area contributed by atoms with Crippen LogP contribution >= 0.6 is 0 Å². The van der Waals surface area contributed by atoms with Gasteiger partial charge in [-0.15, -0.1) is 0 Å². The normalized spacial score (nSPS) is 19.1. The van der Waals surface area contributed by atoms with Gasteiger partial charge in [0.25, 0.3) is 5.91 Å². The molecule has 2 aromatic heterocycles. The molecule has 10 heteroatoms. The van der Waals surface area contributed by atoms with E-state index in [0.717, 1.165) is 12.8 Å². The fourth-order valence-electron chi connectivity index (χ4n) is 5.05. The first kappa shape index (κ1) is 23.1. The van der Waals surface area contributed by atoms with E-state index in [1.54, 1.807) is 24.3 Å². The van der Waals surface area contributed by atoms with Crippen LogP contribution in [0.1, 0.15) is 55.4 Å². The molecule has 1 aliphatic carbocycles. The molecule has 1 saturated heterocycles. The summed E-state index contributed by atoms with van der Waals surface area (Å²) in [6.07, 6.45) is 6.26. The highest BCUT2D eigenvalue weighted by Gasteiger charge is 2.29. The van der Waals surface area contributed by atoms with Crippen molar-refractivity contribution in [2.75, 3.05) is 19.7 Å². The van der Waals surface area contributed by atoms with E-state index in [1.807, 2.05) is 0 Å². The second-order valence-electron chi connectivity index (χ2n) is 9.38. The molecule has 5 rings (SSSR count). The van der Waals surface area contributed by atoms with Gasteiger partial charge in [0.2, 0.25) is 15.9 Å². The van der Waals surface area contributed by atoms with E-state index in [2.05, 4.69) is 9.97 Å². The van der Waals surface area contributed by atoms with Gasteiger partial charge in [-0.2, -0.15) is 4.31 Å². The van der Waals surface area contributed by atoms with E-state index in [-0.39, 0.29) is 23.7 Å². The molecule has 3 aromatic rings. The molecule has 2 fully saturated rings. The monoisotopic (exact) mass is 486 g/mol. The average Bonchev–Trinajstić information content (AvgIpc) is 3.21. The van der Waals surface area contributed by atoms with Crippen molar-refractivity contribution < 1.29 is 23.1 Å². The highest BCUT2D eigenvalue weighted by atomic mass is 32.2. The lowest BCUT2D eigenvalue weighted by Gasteiger charge is -2.28. The number of nitrogens with one attached hydrogen (secondary N) is 1. The largest absolute Gasteiger partial charge is 0.477 e. The number of hydrogen-bond donors (Lipinski definition) is 3. The molecule has 1 amide bonds. The molecular weight excluding hydrogens is 456 g/mol. The van der Waals surface area contributed by atoms with E-state index in [0.29, 0.717) is 53.1 Å². The van der Waals surface area contributed by atoms with E-state index >= 15 is 0 Å². The first-order valence-corrected chi connectivity index (χ1v) is 13.3. The van der Waals surface area contributed by atoms with Crippen molar-refractivity contribution in [3.05, 3.63) is 30.0 Å². The molecule has 182 valence electrons. The minimum Gasteiger partial charge on any atom is -0.477 e. The summed E-state index contributed by atoms with van der Waals surface area (Å²) in [5.41, 5.74) is 6.83. The lowest BCUT2D eigenvalue weighted by atomic mass is 9.90. The zero-order valence-electron chi connectivity index (χ0n) is 19.0. The van der Waals surface area contributed by atoms with E-state index in [4.69, 9.17) is 10.5 Å². The number of amides is 1. The van der Waals surface area contributed by atoms with Crippen molar-refractivity contribution in [1.82, 2.24) is 14.3 Å². The molecule has 1 saturated carbocycles. The third-order valence-electron chi connectivity index (χ3n) is 7.02. The molecule has 0 atom stereocenters. The van der Waals surface area contributed by atoms with Crippen LogP contribution in [0, 0.1) is 5.92 Å². The highest BCUT2D eigenvalue weighted by molar-refractivity contribution is 7.89. The summed E-state index contributed by atoms with van der Waals surface area (Å²) in [5.74, 6) is 0.0940. The fraction of sp³-hybridized carbons (Fsp3) is 0.500. The summed E-state index contributed by atoms with van der Waals surface area (Å²) in [4.78, 5) is 19.9. The van der Waals surface area contributed by atoms with Gasteiger partial charge >= 0.3 is 0 Å². The predicted octanol–water partition coefficient (Wildman–Crippen LogP) is 2.92. The van der Waals surface area contributed by atoms with Crippen LogP contribution in [-0.2, 0) is 10.0 Å². The Morgan fingerprint density at radius 2 is 1.85 bits per heavy atom. The maximum atomic E-state index is 13.2. The number of sulfonamides is 1. The van der Waals surface area contributed by atoms with E-state index in [9.17, 15) is 18.3 Å². The van der Waals surface area contributed by atoms with Gasteiger partial charge in [0.1, 0.15) is 0 Å². The Kier molecular flexibility index (Phi) is 6.22. The number of benzene rings is 1. The average molecular weight is 487 g/mol. The molecule has 4 N–H and O–H groups in total. The minimum atomic E-state index is -3.71. The van der Waals surface area contributed by atoms with Crippen molar-refractivity contribution in [3.63, 3.8) is 0 Å². The number of nitrogens with two attached hydrogens (primary N) is 1. The molecule has 0 spiro atoms. The number of primary amides is 1. The van der Waals surface area contributed by atoms with Crippen LogP contribution in [0.4, 0.5) is 0 Å². The van der Waals surface area contributed by atoms with Crippen molar-refractivity contribution in [2.45, 2.75) is 55.9 Å². The molecule has 0 bridgehead atoms. The van der Waals surface area contributed by atoms with E-state index < -0.39 is 22.0 Å². The summed E-state index contributed by atoms with van der Waals surface area (Å²) in [6.45, 7) is 1.09. The number of aromatic nitrogens is 2. The van der Waals surface area contributed by atoms with Gasteiger partial charge in [-0.25, -0.2) is 13.4 Å². The first-order chi connectivity index (χ1) is 16.3. The lowest BCUT2D eigenvalue weighted by molar-refractivity contribution is 0.0995. The predicted molar refractivity (Wildman–Crippen MR) is 128 cm³/mol.